The Labute approximate surface area is 126 Å². The van der Waals surface area contributed by atoms with E-state index in [2.05, 4.69) is 20.3 Å². The third kappa shape index (κ3) is 5.09. The van der Waals surface area contributed by atoms with Crippen LogP contribution in [-0.4, -0.2) is 40.2 Å². The highest BCUT2D eigenvalue weighted by atomic mass is 32.2. The molecule has 8 heteroatoms. The van der Waals surface area contributed by atoms with Gasteiger partial charge >= 0.3 is 5.97 Å². The predicted molar refractivity (Wildman–Crippen MR) is 81.2 cm³/mol. The Hall–Kier alpha value is -1.15. The highest BCUT2D eigenvalue weighted by molar-refractivity contribution is 8.01. The number of methoxy groups -OCH3 is 1. The zero-order chi connectivity index (χ0) is 15.1. The van der Waals surface area contributed by atoms with E-state index in [0.29, 0.717) is 11.6 Å². The quantitative estimate of drug-likeness (QED) is 0.777. The Morgan fingerprint density at radius 1 is 1.40 bits per heavy atom. The summed E-state index contributed by atoms with van der Waals surface area (Å²) < 4.78 is 4.56. The van der Waals surface area contributed by atoms with Crippen LogP contribution >= 0.6 is 23.1 Å². The first-order chi connectivity index (χ1) is 9.47. The molecule has 1 aromatic rings. The first-order valence-electron chi connectivity index (χ1n) is 6.30. The number of hydrogen-bond donors (Lipinski definition) is 1. The van der Waals surface area contributed by atoms with Crippen LogP contribution in [0.4, 0.5) is 5.13 Å². The zero-order valence-corrected chi connectivity index (χ0v) is 13.6. The SMILES string of the molecule is CC[C@@H](SCC(=O)OC)C(=O)Nc1nnc(C(C)C)s1. The highest BCUT2D eigenvalue weighted by Crippen LogP contribution is 2.24. The van der Waals surface area contributed by atoms with Crippen LogP contribution in [0.5, 0.6) is 0 Å². The molecule has 0 unspecified atom stereocenters. The second-order valence-electron chi connectivity index (χ2n) is 4.37. The molecule has 1 aromatic heterocycles. The molecule has 0 fully saturated rings. The number of carbonyl (C=O) groups is 2. The Balaban J connectivity index is 2.55. The van der Waals surface area contributed by atoms with Crippen LogP contribution in [0.25, 0.3) is 0 Å². The standard InChI is InChI=1S/C12H19N3O3S2/c1-5-8(19-6-9(16)18-4)10(17)13-12-15-14-11(20-12)7(2)3/h7-8H,5-6H2,1-4H3,(H,13,15,17)/t8-/m1/s1. The van der Waals surface area contributed by atoms with E-state index in [1.807, 2.05) is 20.8 Å². The molecule has 0 aliphatic rings. The van der Waals surface area contributed by atoms with E-state index in [1.54, 1.807) is 0 Å². The molecular weight excluding hydrogens is 298 g/mol. The third-order valence-electron chi connectivity index (χ3n) is 2.46. The third-order valence-corrected chi connectivity index (χ3v) is 4.95. The topological polar surface area (TPSA) is 81.2 Å². The second kappa shape index (κ2) is 8.21. The molecule has 0 saturated carbocycles. The molecule has 1 amide bonds. The minimum atomic E-state index is -0.334. The highest BCUT2D eigenvalue weighted by Gasteiger charge is 2.20. The van der Waals surface area contributed by atoms with Crippen molar-refractivity contribution in [2.45, 2.75) is 38.4 Å². The molecule has 0 aliphatic heterocycles. The van der Waals surface area contributed by atoms with Gasteiger partial charge in [-0.3, -0.25) is 14.9 Å². The van der Waals surface area contributed by atoms with E-state index in [9.17, 15) is 9.59 Å². The minimum absolute atomic E-state index is 0.159. The van der Waals surface area contributed by atoms with Gasteiger partial charge in [-0.2, -0.15) is 0 Å². The molecule has 1 heterocycles. The van der Waals surface area contributed by atoms with Crippen LogP contribution in [0, 0.1) is 0 Å². The zero-order valence-electron chi connectivity index (χ0n) is 12.0. The van der Waals surface area contributed by atoms with Crippen molar-refractivity contribution in [1.29, 1.82) is 0 Å². The summed E-state index contributed by atoms with van der Waals surface area (Å²) in [7, 11) is 1.33. The summed E-state index contributed by atoms with van der Waals surface area (Å²) in [6.07, 6.45) is 0.628. The molecule has 6 nitrogen and oxygen atoms in total. The number of amides is 1. The normalized spacial score (nSPS) is 12.2. The molecule has 112 valence electrons. The number of hydrogen-bond acceptors (Lipinski definition) is 7. The maximum absolute atomic E-state index is 12.1. The summed E-state index contributed by atoms with van der Waals surface area (Å²) in [6, 6.07) is 0. The summed E-state index contributed by atoms with van der Waals surface area (Å²) in [5.74, 6) is -0.0450. The first kappa shape index (κ1) is 16.9. The lowest BCUT2D eigenvalue weighted by atomic mass is 10.2. The number of esters is 1. The summed E-state index contributed by atoms with van der Waals surface area (Å²) in [4.78, 5) is 23.2. The van der Waals surface area contributed by atoms with Crippen LogP contribution in [0.3, 0.4) is 0 Å². The Morgan fingerprint density at radius 3 is 2.60 bits per heavy atom. The molecule has 0 aromatic carbocycles. The van der Waals surface area contributed by atoms with Crippen molar-refractivity contribution in [3.05, 3.63) is 5.01 Å². The number of aromatic nitrogens is 2. The first-order valence-corrected chi connectivity index (χ1v) is 8.17. The van der Waals surface area contributed by atoms with E-state index in [0.717, 1.165) is 5.01 Å². The van der Waals surface area contributed by atoms with Gasteiger partial charge in [0, 0.05) is 5.92 Å². The molecule has 20 heavy (non-hydrogen) atoms. The lowest BCUT2D eigenvalue weighted by molar-refractivity contribution is -0.137. The van der Waals surface area contributed by atoms with Crippen molar-refractivity contribution < 1.29 is 14.3 Å². The van der Waals surface area contributed by atoms with E-state index < -0.39 is 0 Å². The smallest absolute Gasteiger partial charge is 0.315 e. The van der Waals surface area contributed by atoms with E-state index in [4.69, 9.17) is 0 Å². The number of carbonyl (C=O) groups excluding carboxylic acids is 2. The van der Waals surface area contributed by atoms with Crippen molar-refractivity contribution in [3.8, 4) is 0 Å². The van der Waals surface area contributed by atoms with Crippen LogP contribution in [0.1, 0.15) is 38.1 Å². The number of ether oxygens (including phenoxy) is 1. The fourth-order valence-corrected chi connectivity index (χ4v) is 2.96. The Kier molecular flexibility index (Phi) is 6.94. The number of thioether (sulfide) groups is 1. The van der Waals surface area contributed by atoms with Crippen molar-refractivity contribution in [1.82, 2.24) is 10.2 Å². The van der Waals surface area contributed by atoms with E-state index in [1.165, 1.54) is 30.2 Å². The van der Waals surface area contributed by atoms with Gasteiger partial charge in [0.25, 0.3) is 0 Å². The maximum Gasteiger partial charge on any atom is 0.315 e. The van der Waals surface area contributed by atoms with Gasteiger partial charge in [0.05, 0.1) is 18.1 Å². The molecule has 0 radical (unpaired) electrons. The van der Waals surface area contributed by atoms with E-state index >= 15 is 0 Å². The monoisotopic (exact) mass is 317 g/mol. The minimum Gasteiger partial charge on any atom is -0.468 e. The molecule has 0 saturated heterocycles. The van der Waals surface area contributed by atoms with Crippen molar-refractivity contribution >= 4 is 40.1 Å². The molecule has 1 N–H and O–H groups in total. The average Bonchev–Trinajstić information content (AvgIpc) is 2.87. The molecular formula is C12H19N3O3S2. The predicted octanol–water partition coefficient (Wildman–Crippen LogP) is 2.28. The van der Waals surface area contributed by atoms with Gasteiger partial charge in [-0.15, -0.1) is 22.0 Å². The fourth-order valence-electron chi connectivity index (χ4n) is 1.31. The molecule has 1 rings (SSSR count). The van der Waals surface area contributed by atoms with Gasteiger partial charge in [0.1, 0.15) is 5.01 Å². The maximum atomic E-state index is 12.1. The molecule has 0 spiro atoms. The van der Waals surface area contributed by atoms with Crippen molar-refractivity contribution in [3.63, 3.8) is 0 Å². The number of nitrogens with zero attached hydrogens (tertiary/aromatic N) is 2. The van der Waals surface area contributed by atoms with Gasteiger partial charge in [0.15, 0.2) is 0 Å². The largest absolute Gasteiger partial charge is 0.468 e. The van der Waals surface area contributed by atoms with Crippen LogP contribution in [-0.2, 0) is 14.3 Å². The van der Waals surface area contributed by atoms with Gasteiger partial charge in [0.2, 0.25) is 11.0 Å². The lowest BCUT2D eigenvalue weighted by Gasteiger charge is -2.12. The van der Waals surface area contributed by atoms with Crippen molar-refractivity contribution in [2.24, 2.45) is 0 Å². The number of rotatable bonds is 7. The summed E-state index contributed by atoms with van der Waals surface area (Å²) in [5.41, 5.74) is 0. The summed E-state index contributed by atoms with van der Waals surface area (Å²) in [5, 5.41) is 11.8. The summed E-state index contributed by atoms with van der Waals surface area (Å²) >= 11 is 2.64. The molecule has 1 atom stereocenters. The van der Waals surface area contributed by atoms with Crippen LogP contribution < -0.4 is 5.32 Å². The Morgan fingerprint density at radius 2 is 2.10 bits per heavy atom. The molecule has 0 bridgehead atoms. The van der Waals surface area contributed by atoms with Gasteiger partial charge in [-0.25, -0.2) is 0 Å². The number of nitrogens with one attached hydrogen (secondary N) is 1. The van der Waals surface area contributed by atoms with Gasteiger partial charge in [-0.1, -0.05) is 32.1 Å². The number of anilines is 1. The van der Waals surface area contributed by atoms with Gasteiger partial charge < -0.3 is 4.74 Å². The molecule has 0 aliphatic carbocycles. The van der Waals surface area contributed by atoms with Crippen molar-refractivity contribution in [2.75, 3.05) is 18.2 Å². The lowest BCUT2D eigenvalue weighted by Crippen LogP contribution is -2.25. The van der Waals surface area contributed by atoms with Crippen LogP contribution in [0.2, 0.25) is 0 Å². The van der Waals surface area contributed by atoms with Gasteiger partial charge in [-0.05, 0) is 6.42 Å². The Bertz CT molecular complexity index is 463. The van der Waals surface area contributed by atoms with E-state index in [-0.39, 0.29) is 28.8 Å². The fraction of sp³-hybridized carbons (Fsp3) is 0.667. The van der Waals surface area contributed by atoms with Crippen LogP contribution in [0.15, 0.2) is 0 Å². The second-order valence-corrected chi connectivity index (χ2v) is 6.57. The summed E-state index contributed by atoms with van der Waals surface area (Å²) in [6.45, 7) is 5.94. The average molecular weight is 317 g/mol.